The van der Waals surface area contributed by atoms with Crippen LogP contribution in [0.3, 0.4) is 0 Å². The van der Waals surface area contributed by atoms with E-state index in [1.807, 2.05) is 36.5 Å². The van der Waals surface area contributed by atoms with Crippen LogP contribution in [-0.2, 0) is 11.3 Å². The first-order chi connectivity index (χ1) is 13.2. The molecule has 7 heteroatoms. The number of carbonyl (C=O) groups is 1. The molecule has 3 rings (SSSR count). The first kappa shape index (κ1) is 21.5. The Morgan fingerprint density at radius 3 is 2.64 bits per heavy atom. The van der Waals surface area contributed by atoms with E-state index in [4.69, 9.17) is 4.74 Å². The third-order valence-corrected chi connectivity index (χ3v) is 4.17. The zero-order valence-electron chi connectivity index (χ0n) is 16.0. The lowest BCUT2D eigenvalue weighted by Crippen LogP contribution is -3.00. The molecule has 0 aliphatic carbocycles. The summed E-state index contributed by atoms with van der Waals surface area (Å²) in [6.45, 7) is 5.63. The highest BCUT2D eigenvalue weighted by atomic mass is 35.5. The van der Waals surface area contributed by atoms with Crippen LogP contribution in [0.2, 0.25) is 0 Å². The van der Waals surface area contributed by atoms with Gasteiger partial charge in [-0.1, -0.05) is 42.5 Å². The number of pyridine rings is 1. The fourth-order valence-electron chi connectivity index (χ4n) is 2.94. The normalized spacial score (nSPS) is 10.2. The second-order valence-electron chi connectivity index (χ2n) is 6.08. The lowest BCUT2D eigenvalue weighted by atomic mass is 10.0. The SMILES string of the molecule is CC[NH2+]c1nc(NCc2cccc3ccccc23)ccc1NC(=O)OCC.[Cl-]. The molecule has 148 valence electrons. The van der Waals surface area contributed by atoms with E-state index in [1.165, 1.54) is 16.3 Å². The average Bonchev–Trinajstić information content (AvgIpc) is 2.68. The molecule has 0 saturated carbocycles. The van der Waals surface area contributed by atoms with Gasteiger partial charge in [0.1, 0.15) is 11.5 Å². The molecule has 3 aromatic rings. The van der Waals surface area contributed by atoms with Crippen LogP contribution in [0.25, 0.3) is 10.8 Å². The number of halogens is 1. The quantitative estimate of drug-likeness (QED) is 0.543. The minimum Gasteiger partial charge on any atom is -1.00 e. The molecular formula is C21H25ClN4O2. The molecule has 0 radical (unpaired) electrons. The average molecular weight is 401 g/mol. The number of rotatable bonds is 7. The van der Waals surface area contributed by atoms with Crippen molar-refractivity contribution in [3.8, 4) is 0 Å². The summed E-state index contributed by atoms with van der Waals surface area (Å²) in [4.78, 5) is 16.3. The van der Waals surface area contributed by atoms with Gasteiger partial charge in [0.15, 0.2) is 0 Å². The summed E-state index contributed by atoms with van der Waals surface area (Å²) >= 11 is 0. The predicted molar refractivity (Wildman–Crippen MR) is 108 cm³/mol. The van der Waals surface area contributed by atoms with E-state index in [2.05, 4.69) is 45.9 Å². The van der Waals surface area contributed by atoms with Gasteiger partial charge in [-0.15, -0.1) is 0 Å². The third kappa shape index (κ3) is 5.34. The molecule has 1 heterocycles. The van der Waals surface area contributed by atoms with Crippen LogP contribution in [0.1, 0.15) is 19.4 Å². The largest absolute Gasteiger partial charge is 1.00 e. The summed E-state index contributed by atoms with van der Waals surface area (Å²) < 4.78 is 4.95. The van der Waals surface area contributed by atoms with Gasteiger partial charge in [-0.05, 0) is 42.3 Å². The molecule has 4 N–H and O–H groups in total. The van der Waals surface area contributed by atoms with Gasteiger partial charge in [0.25, 0.3) is 0 Å². The van der Waals surface area contributed by atoms with Crippen molar-refractivity contribution >= 4 is 34.2 Å². The number of hydrogen-bond donors (Lipinski definition) is 3. The molecule has 0 aliphatic heterocycles. The summed E-state index contributed by atoms with van der Waals surface area (Å²) in [5, 5.41) is 10.5. The van der Waals surface area contributed by atoms with Gasteiger partial charge in [-0.2, -0.15) is 4.98 Å². The lowest BCUT2D eigenvalue weighted by molar-refractivity contribution is -0.570. The summed E-state index contributed by atoms with van der Waals surface area (Å²) in [5.41, 5.74) is 1.86. The molecule has 0 spiro atoms. The monoisotopic (exact) mass is 400 g/mol. The summed E-state index contributed by atoms with van der Waals surface area (Å²) in [6.07, 6.45) is -0.471. The van der Waals surface area contributed by atoms with E-state index >= 15 is 0 Å². The molecule has 0 saturated heterocycles. The molecule has 28 heavy (non-hydrogen) atoms. The van der Waals surface area contributed by atoms with Crippen molar-refractivity contribution in [2.45, 2.75) is 20.4 Å². The Kier molecular flexibility index (Phi) is 8.04. The van der Waals surface area contributed by atoms with E-state index in [-0.39, 0.29) is 12.4 Å². The van der Waals surface area contributed by atoms with Crippen LogP contribution in [-0.4, -0.2) is 24.2 Å². The summed E-state index contributed by atoms with van der Waals surface area (Å²) in [5.74, 6) is 1.49. The van der Waals surface area contributed by atoms with Gasteiger partial charge in [0.2, 0.25) is 5.82 Å². The number of ether oxygens (including phenoxy) is 1. The third-order valence-electron chi connectivity index (χ3n) is 4.17. The molecule has 0 atom stereocenters. The Morgan fingerprint density at radius 1 is 1.07 bits per heavy atom. The Bertz CT molecular complexity index is 928. The number of nitrogens with zero attached hydrogens (tertiary/aromatic N) is 1. The maximum Gasteiger partial charge on any atom is 0.411 e. The van der Waals surface area contributed by atoms with E-state index in [0.717, 1.165) is 18.2 Å². The van der Waals surface area contributed by atoms with Crippen LogP contribution >= 0.6 is 0 Å². The zero-order chi connectivity index (χ0) is 19.1. The Morgan fingerprint density at radius 2 is 1.86 bits per heavy atom. The van der Waals surface area contributed by atoms with E-state index < -0.39 is 6.09 Å². The molecule has 1 aromatic heterocycles. The van der Waals surface area contributed by atoms with Crippen molar-refractivity contribution in [2.24, 2.45) is 0 Å². The van der Waals surface area contributed by atoms with Crippen molar-refractivity contribution in [3.63, 3.8) is 0 Å². The van der Waals surface area contributed by atoms with Gasteiger partial charge in [-0.3, -0.25) is 10.6 Å². The van der Waals surface area contributed by atoms with Gasteiger partial charge < -0.3 is 22.5 Å². The van der Waals surface area contributed by atoms with E-state index in [9.17, 15) is 4.79 Å². The number of amides is 1. The number of fused-ring (bicyclic) bond motifs is 1. The minimum atomic E-state index is -0.471. The first-order valence-electron chi connectivity index (χ1n) is 9.19. The van der Waals surface area contributed by atoms with Crippen molar-refractivity contribution < 1.29 is 27.3 Å². The Labute approximate surface area is 171 Å². The van der Waals surface area contributed by atoms with Gasteiger partial charge in [-0.25, -0.2) is 4.79 Å². The van der Waals surface area contributed by atoms with Crippen LogP contribution in [0.15, 0.2) is 54.6 Å². The molecule has 0 bridgehead atoms. The van der Waals surface area contributed by atoms with Crippen LogP contribution in [0.5, 0.6) is 0 Å². The molecule has 1 amide bonds. The lowest BCUT2D eigenvalue weighted by Gasteiger charge is -2.12. The number of hydrogen-bond acceptors (Lipinski definition) is 4. The standard InChI is InChI=1S/C21H24N4O2.ClH/c1-3-22-20-18(24-21(26)27-4-2)12-13-19(25-20)23-14-16-10-7-9-15-8-5-6-11-17(15)16;/h5-13H,3-4,14H2,1-2H3,(H,24,26)(H2,22,23,25);1H. The maximum absolute atomic E-state index is 11.7. The highest BCUT2D eigenvalue weighted by Gasteiger charge is 2.13. The highest BCUT2D eigenvalue weighted by Crippen LogP contribution is 2.21. The topological polar surface area (TPSA) is 79.9 Å². The first-order valence-corrected chi connectivity index (χ1v) is 9.19. The van der Waals surface area contributed by atoms with E-state index in [1.54, 1.807) is 6.92 Å². The Balaban J connectivity index is 0.00000280. The van der Waals surface area contributed by atoms with Crippen molar-refractivity contribution in [1.29, 1.82) is 0 Å². The van der Waals surface area contributed by atoms with Gasteiger partial charge in [0, 0.05) is 6.54 Å². The fourth-order valence-corrected chi connectivity index (χ4v) is 2.94. The second kappa shape index (κ2) is 10.5. The summed E-state index contributed by atoms with van der Waals surface area (Å²) in [7, 11) is 0. The zero-order valence-corrected chi connectivity index (χ0v) is 16.8. The Hall–Kier alpha value is -2.83. The molecule has 6 nitrogen and oxygen atoms in total. The number of carbonyl (C=O) groups excluding carboxylic acids is 1. The van der Waals surface area contributed by atoms with Crippen molar-refractivity contribution in [1.82, 2.24) is 4.98 Å². The minimum absolute atomic E-state index is 0. The van der Waals surface area contributed by atoms with E-state index in [0.29, 0.717) is 18.8 Å². The summed E-state index contributed by atoms with van der Waals surface area (Å²) in [6, 6.07) is 18.3. The molecular weight excluding hydrogens is 376 g/mol. The predicted octanol–water partition coefficient (Wildman–Crippen LogP) is 0.634. The molecule has 0 fully saturated rings. The molecule has 0 unspecified atom stereocenters. The number of quaternary nitrogens is 1. The van der Waals surface area contributed by atoms with Crippen molar-refractivity contribution in [3.05, 3.63) is 60.2 Å². The van der Waals surface area contributed by atoms with Gasteiger partial charge >= 0.3 is 6.09 Å². The van der Waals surface area contributed by atoms with Crippen LogP contribution in [0.4, 0.5) is 22.1 Å². The number of anilines is 2. The number of nitrogens with two attached hydrogens (primary N) is 1. The fraction of sp³-hybridized carbons (Fsp3) is 0.238. The van der Waals surface area contributed by atoms with Gasteiger partial charge in [0.05, 0.1) is 13.2 Å². The smallest absolute Gasteiger partial charge is 0.411 e. The van der Waals surface area contributed by atoms with Crippen molar-refractivity contribution in [2.75, 3.05) is 23.8 Å². The van der Waals surface area contributed by atoms with Crippen LogP contribution < -0.4 is 28.4 Å². The molecule has 0 aliphatic rings. The number of nitrogens with one attached hydrogen (secondary N) is 2. The number of aromatic nitrogens is 1. The second-order valence-corrected chi connectivity index (χ2v) is 6.08. The number of benzene rings is 2. The highest BCUT2D eigenvalue weighted by molar-refractivity contribution is 5.87. The van der Waals surface area contributed by atoms with Crippen LogP contribution in [0, 0.1) is 0 Å². The molecule has 2 aromatic carbocycles. The maximum atomic E-state index is 11.7.